The lowest BCUT2D eigenvalue weighted by molar-refractivity contribution is 0.258. The number of piperazine rings is 1. The fourth-order valence-corrected chi connectivity index (χ4v) is 3.53. The number of hydrogen-bond donors (Lipinski definition) is 1. The Balaban J connectivity index is 2.24. The second-order valence-electron chi connectivity index (χ2n) is 4.22. The first-order chi connectivity index (χ1) is 7.50. The summed E-state index contributed by atoms with van der Waals surface area (Å²) in [7, 11) is -3.46. The lowest BCUT2D eigenvalue weighted by Gasteiger charge is -2.34. The van der Waals surface area contributed by atoms with Gasteiger partial charge < -0.3 is 9.73 Å². The van der Waals surface area contributed by atoms with Gasteiger partial charge in [-0.25, -0.2) is 8.42 Å². The van der Waals surface area contributed by atoms with Gasteiger partial charge in [0, 0.05) is 25.2 Å². The Morgan fingerprint density at radius 2 is 2.00 bits per heavy atom. The van der Waals surface area contributed by atoms with Crippen molar-refractivity contribution in [3.63, 3.8) is 0 Å². The summed E-state index contributed by atoms with van der Waals surface area (Å²) in [4.78, 5) is 0. The van der Waals surface area contributed by atoms with E-state index in [2.05, 4.69) is 5.32 Å². The summed E-state index contributed by atoms with van der Waals surface area (Å²) in [5, 5.41) is 3.31. The Kier molecular flexibility index (Phi) is 3.05. The third-order valence-electron chi connectivity index (χ3n) is 2.61. The second-order valence-corrected chi connectivity index (χ2v) is 6.09. The van der Waals surface area contributed by atoms with Crippen molar-refractivity contribution in [2.75, 3.05) is 13.1 Å². The highest BCUT2D eigenvalue weighted by Gasteiger charge is 2.32. The van der Waals surface area contributed by atoms with Crippen LogP contribution in [0.5, 0.6) is 0 Å². The molecule has 1 aliphatic rings. The molecule has 1 saturated heterocycles. The van der Waals surface area contributed by atoms with Crippen molar-refractivity contribution in [3.05, 3.63) is 18.4 Å². The molecule has 0 aromatic carbocycles. The van der Waals surface area contributed by atoms with E-state index in [1.165, 1.54) is 16.6 Å². The zero-order valence-corrected chi connectivity index (χ0v) is 10.2. The number of nitrogens with one attached hydrogen (secondary N) is 1. The highest BCUT2D eigenvalue weighted by molar-refractivity contribution is 7.89. The summed E-state index contributed by atoms with van der Waals surface area (Å²) in [6.45, 7) is 4.90. The second kappa shape index (κ2) is 4.20. The normalized spacial score (nSPS) is 28.1. The van der Waals surface area contributed by atoms with Gasteiger partial charge in [-0.2, -0.15) is 4.31 Å². The first-order valence-electron chi connectivity index (χ1n) is 5.30. The molecule has 0 spiro atoms. The SMILES string of the molecule is CC1CN(S(=O)(=O)c2ccco2)CC(C)N1. The van der Waals surface area contributed by atoms with Gasteiger partial charge in [0.05, 0.1) is 6.26 Å². The molecule has 2 heterocycles. The number of furan rings is 1. The molecular formula is C10H16N2O3S. The van der Waals surface area contributed by atoms with Crippen molar-refractivity contribution in [1.29, 1.82) is 0 Å². The van der Waals surface area contributed by atoms with Gasteiger partial charge in [-0.1, -0.05) is 0 Å². The van der Waals surface area contributed by atoms with Gasteiger partial charge in [-0.15, -0.1) is 0 Å². The molecule has 5 nitrogen and oxygen atoms in total. The molecular weight excluding hydrogens is 228 g/mol. The maximum atomic E-state index is 12.1. The Hall–Kier alpha value is -0.850. The molecule has 0 bridgehead atoms. The molecule has 2 atom stereocenters. The van der Waals surface area contributed by atoms with Gasteiger partial charge in [-0.05, 0) is 26.0 Å². The van der Waals surface area contributed by atoms with Gasteiger partial charge >= 0.3 is 0 Å². The Bertz CT molecular complexity index is 431. The van der Waals surface area contributed by atoms with Crippen LogP contribution in [0.4, 0.5) is 0 Å². The van der Waals surface area contributed by atoms with Crippen LogP contribution in [0.1, 0.15) is 13.8 Å². The fraction of sp³-hybridized carbons (Fsp3) is 0.600. The van der Waals surface area contributed by atoms with Gasteiger partial charge in [0.2, 0.25) is 5.09 Å². The van der Waals surface area contributed by atoms with E-state index in [1.54, 1.807) is 6.07 Å². The van der Waals surface area contributed by atoms with Crippen LogP contribution in [-0.2, 0) is 10.0 Å². The predicted octanol–water partition coefficient (Wildman–Crippen LogP) is 0.651. The predicted molar refractivity (Wildman–Crippen MR) is 59.5 cm³/mol. The monoisotopic (exact) mass is 244 g/mol. The standard InChI is InChI=1S/C10H16N2O3S/c1-8-6-12(7-9(2)11-8)16(13,14)10-4-3-5-15-10/h3-5,8-9,11H,6-7H2,1-2H3. The molecule has 0 aliphatic carbocycles. The van der Waals surface area contributed by atoms with Crippen LogP contribution < -0.4 is 5.32 Å². The van der Waals surface area contributed by atoms with E-state index in [4.69, 9.17) is 4.42 Å². The van der Waals surface area contributed by atoms with Crippen molar-refractivity contribution in [2.24, 2.45) is 0 Å². The van der Waals surface area contributed by atoms with E-state index >= 15 is 0 Å². The number of sulfonamides is 1. The lowest BCUT2D eigenvalue weighted by Crippen LogP contribution is -2.55. The number of hydrogen-bond acceptors (Lipinski definition) is 4. The smallest absolute Gasteiger partial charge is 0.276 e. The van der Waals surface area contributed by atoms with Crippen LogP contribution in [0.2, 0.25) is 0 Å². The van der Waals surface area contributed by atoms with Crippen LogP contribution >= 0.6 is 0 Å². The summed E-state index contributed by atoms with van der Waals surface area (Å²) in [5.74, 6) is 0. The minimum absolute atomic E-state index is 0.0220. The quantitative estimate of drug-likeness (QED) is 0.829. The zero-order chi connectivity index (χ0) is 11.8. The summed E-state index contributed by atoms with van der Waals surface area (Å²) < 4.78 is 30.7. The van der Waals surface area contributed by atoms with Crippen molar-refractivity contribution in [2.45, 2.75) is 31.0 Å². The molecule has 2 unspecified atom stereocenters. The molecule has 90 valence electrons. The third kappa shape index (κ3) is 2.14. The minimum atomic E-state index is -3.46. The average molecular weight is 244 g/mol. The van der Waals surface area contributed by atoms with E-state index in [0.29, 0.717) is 13.1 Å². The average Bonchev–Trinajstić information content (AvgIpc) is 2.69. The molecule has 1 fully saturated rings. The van der Waals surface area contributed by atoms with E-state index in [9.17, 15) is 8.42 Å². The van der Waals surface area contributed by atoms with Crippen molar-refractivity contribution < 1.29 is 12.8 Å². The van der Waals surface area contributed by atoms with Crippen molar-refractivity contribution in [1.82, 2.24) is 9.62 Å². The highest BCUT2D eigenvalue weighted by Crippen LogP contribution is 2.18. The molecule has 2 rings (SSSR count). The van der Waals surface area contributed by atoms with E-state index < -0.39 is 10.0 Å². The van der Waals surface area contributed by atoms with Crippen molar-refractivity contribution >= 4 is 10.0 Å². The Labute approximate surface area is 95.5 Å². The third-order valence-corrected chi connectivity index (χ3v) is 4.33. The highest BCUT2D eigenvalue weighted by atomic mass is 32.2. The lowest BCUT2D eigenvalue weighted by atomic mass is 10.2. The molecule has 1 aromatic rings. The number of rotatable bonds is 2. The van der Waals surface area contributed by atoms with Gasteiger partial charge in [0.25, 0.3) is 10.0 Å². The zero-order valence-electron chi connectivity index (χ0n) is 9.38. The van der Waals surface area contributed by atoms with Crippen LogP contribution in [0, 0.1) is 0 Å². The summed E-state index contributed by atoms with van der Waals surface area (Å²) >= 11 is 0. The molecule has 0 radical (unpaired) electrons. The van der Waals surface area contributed by atoms with Crippen LogP contribution in [-0.4, -0.2) is 37.9 Å². The molecule has 0 saturated carbocycles. The Morgan fingerprint density at radius 3 is 2.50 bits per heavy atom. The maximum absolute atomic E-state index is 12.1. The molecule has 0 amide bonds. The van der Waals surface area contributed by atoms with Gasteiger partial charge in [-0.3, -0.25) is 0 Å². The van der Waals surface area contributed by atoms with Gasteiger partial charge in [0.15, 0.2) is 0 Å². The largest absolute Gasteiger partial charge is 0.452 e. The molecule has 1 aliphatic heterocycles. The topological polar surface area (TPSA) is 62.6 Å². The van der Waals surface area contributed by atoms with Crippen molar-refractivity contribution in [3.8, 4) is 0 Å². The first kappa shape index (κ1) is 11.6. The molecule has 1 N–H and O–H groups in total. The maximum Gasteiger partial charge on any atom is 0.276 e. The van der Waals surface area contributed by atoms with E-state index in [0.717, 1.165) is 0 Å². The van der Waals surface area contributed by atoms with Gasteiger partial charge in [0.1, 0.15) is 0 Å². The molecule has 6 heteroatoms. The summed E-state index contributed by atoms with van der Waals surface area (Å²) in [6.07, 6.45) is 1.38. The van der Waals surface area contributed by atoms with Crippen LogP contribution in [0.3, 0.4) is 0 Å². The van der Waals surface area contributed by atoms with E-state index in [-0.39, 0.29) is 17.2 Å². The summed E-state index contributed by atoms with van der Waals surface area (Å²) in [6, 6.07) is 3.39. The fourth-order valence-electron chi connectivity index (χ4n) is 2.01. The number of nitrogens with zero attached hydrogens (tertiary/aromatic N) is 1. The van der Waals surface area contributed by atoms with E-state index in [1.807, 2.05) is 13.8 Å². The molecule has 16 heavy (non-hydrogen) atoms. The van der Waals surface area contributed by atoms with Crippen LogP contribution in [0.25, 0.3) is 0 Å². The first-order valence-corrected chi connectivity index (χ1v) is 6.74. The minimum Gasteiger partial charge on any atom is -0.452 e. The summed E-state index contributed by atoms with van der Waals surface area (Å²) in [5.41, 5.74) is 0. The van der Waals surface area contributed by atoms with Crippen LogP contribution in [0.15, 0.2) is 27.9 Å². The Morgan fingerprint density at radius 1 is 1.38 bits per heavy atom. The molecule has 1 aromatic heterocycles.